The summed E-state index contributed by atoms with van der Waals surface area (Å²) in [6.45, 7) is 2.72. The van der Waals surface area contributed by atoms with Crippen molar-refractivity contribution in [3.8, 4) is 0 Å². The summed E-state index contributed by atoms with van der Waals surface area (Å²) in [6.07, 6.45) is 4.13. The average molecular weight is 294 g/mol. The minimum atomic E-state index is 0.588. The van der Waals surface area contributed by atoms with E-state index in [0.717, 1.165) is 35.6 Å². The van der Waals surface area contributed by atoms with E-state index in [1.54, 1.807) is 6.26 Å². The summed E-state index contributed by atoms with van der Waals surface area (Å²) in [4.78, 5) is 11.7. The maximum absolute atomic E-state index is 5.34. The molecule has 1 aliphatic heterocycles. The molecule has 22 heavy (non-hydrogen) atoms. The highest BCUT2D eigenvalue weighted by atomic mass is 16.3. The number of aromatic nitrogens is 2. The van der Waals surface area contributed by atoms with Gasteiger partial charge >= 0.3 is 0 Å². The predicted molar refractivity (Wildman–Crippen MR) is 87.0 cm³/mol. The van der Waals surface area contributed by atoms with Gasteiger partial charge in [0, 0.05) is 18.5 Å². The molecular weight excluding hydrogens is 276 g/mol. The van der Waals surface area contributed by atoms with Crippen molar-refractivity contribution in [2.75, 3.05) is 23.3 Å². The summed E-state index contributed by atoms with van der Waals surface area (Å²) in [6, 6.07) is 12.0. The molecule has 0 bridgehead atoms. The second kappa shape index (κ2) is 5.67. The molecule has 0 atom stereocenters. The van der Waals surface area contributed by atoms with Gasteiger partial charge in [0.05, 0.1) is 18.3 Å². The maximum Gasteiger partial charge on any atom is 0.225 e. The largest absolute Gasteiger partial charge is 0.467 e. The van der Waals surface area contributed by atoms with E-state index in [9.17, 15) is 0 Å². The third-order valence-electron chi connectivity index (χ3n) is 3.99. The van der Waals surface area contributed by atoms with Crippen LogP contribution in [0.4, 0.5) is 11.8 Å². The molecule has 1 saturated heterocycles. The molecule has 112 valence electrons. The van der Waals surface area contributed by atoms with E-state index < -0.39 is 0 Å². The second-order valence-corrected chi connectivity index (χ2v) is 5.52. The van der Waals surface area contributed by atoms with Crippen molar-refractivity contribution in [3.63, 3.8) is 0 Å². The van der Waals surface area contributed by atoms with Crippen LogP contribution < -0.4 is 10.2 Å². The summed E-state index contributed by atoms with van der Waals surface area (Å²) >= 11 is 0. The second-order valence-electron chi connectivity index (χ2n) is 5.52. The average Bonchev–Trinajstić information content (AvgIpc) is 3.25. The van der Waals surface area contributed by atoms with Gasteiger partial charge in [-0.15, -0.1) is 0 Å². The number of hydrogen-bond donors (Lipinski definition) is 1. The van der Waals surface area contributed by atoms with Gasteiger partial charge in [-0.05, 0) is 37.1 Å². The fraction of sp³-hybridized carbons (Fsp3) is 0.294. The van der Waals surface area contributed by atoms with Crippen molar-refractivity contribution in [2.45, 2.75) is 19.4 Å². The zero-order chi connectivity index (χ0) is 14.8. The molecule has 2 aromatic heterocycles. The first kappa shape index (κ1) is 13.1. The lowest BCUT2D eigenvalue weighted by Crippen LogP contribution is -2.20. The zero-order valence-corrected chi connectivity index (χ0v) is 12.3. The van der Waals surface area contributed by atoms with E-state index in [4.69, 9.17) is 9.40 Å². The van der Waals surface area contributed by atoms with Crippen LogP contribution in [0, 0.1) is 0 Å². The maximum atomic E-state index is 5.34. The number of para-hydroxylation sites is 1. The number of fused-ring (bicyclic) bond motifs is 1. The molecule has 0 unspecified atom stereocenters. The number of rotatable bonds is 4. The van der Waals surface area contributed by atoms with Gasteiger partial charge in [0.15, 0.2) is 0 Å². The van der Waals surface area contributed by atoms with Crippen molar-refractivity contribution in [2.24, 2.45) is 0 Å². The fourth-order valence-electron chi connectivity index (χ4n) is 2.89. The lowest BCUT2D eigenvalue weighted by molar-refractivity contribution is 0.517. The Morgan fingerprint density at radius 2 is 1.91 bits per heavy atom. The van der Waals surface area contributed by atoms with Crippen molar-refractivity contribution in [1.82, 2.24) is 9.97 Å². The Kier molecular flexibility index (Phi) is 3.39. The lowest BCUT2D eigenvalue weighted by Gasteiger charge is -2.19. The molecule has 5 heteroatoms. The molecule has 0 saturated carbocycles. The summed E-state index contributed by atoms with van der Waals surface area (Å²) in [5.74, 6) is 2.56. The summed E-state index contributed by atoms with van der Waals surface area (Å²) in [7, 11) is 0. The van der Waals surface area contributed by atoms with Crippen LogP contribution in [0.2, 0.25) is 0 Å². The molecule has 4 rings (SSSR count). The Morgan fingerprint density at radius 3 is 2.73 bits per heavy atom. The molecule has 1 aromatic carbocycles. The van der Waals surface area contributed by atoms with Crippen molar-refractivity contribution >= 4 is 22.7 Å². The number of anilines is 2. The van der Waals surface area contributed by atoms with Gasteiger partial charge in [0.25, 0.3) is 0 Å². The van der Waals surface area contributed by atoms with E-state index in [2.05, 4.69) is 21.3 Å². The number of nitrogens with one attached hydrogen (secondary N) is 1. The Hall–Kier alpha value is -2.56. The highest BCUT2D eigenvalue weighted by Crippen LogP contribution is 2.27. The first-order valence-corrected chi connectivity index (χ1v) is 7.68. The minimum absolute atomic E-state index is 0.588. The zero-order valence-electron chi connectivity index (χ0n) is 12.3. The number of hydrogen-bond acceptors (Lipinski definition) is 5. The van der Waals surface area contributed by atoms with Gasteiger partial charge in [-0.3, -0.25) is 0 Å². The Balaban J connectivity index is 1.69. The number of benzene rings is 1. The van der Waals surface area contributed by atoms with Crippen molar-refractivity contribution in [1.29, 1.82) is 0 Å². The van der Waals surface area contributed by atoms with Crippen LogP contribution in [0.25, 0.3) is 10.9 Å². The van der Waals surface area contributed by atoms with Crippen LogP contribution in [-0.4, -0.2) is 23.1 Å². The van der Waals surface area contributed by atoms with E-state index >= 15 is 0 Å². The minimum Gasteiger partial charge on any atom is -0.467 e. The number of furan rings is 1. The summed E-state index contributed by atoms with van der Waals surface area (Å²) in [5.41, 5.74) is 0.973. The van der Waals surface area contributed by atoms with E-state index in [-0.39, 0.29) is 0 Å². The van der Waals surface area contributed by atoms with Gasteiger partial charge in [-0.1, -0.05) is 12.1 Å². The monoisotopic (exact) mass is 294 g/mol. The van der Waals surface area contributed by atoms with E-state index in [1.807, 2.05) is 30.3 Å². The highest BCUT2D eigenvalue weighted by molar-refractivity contribution is 5.90. The highest BCUT2D eigenvalue weighted by Gasteiger charge is 2.17. The van der Waals surface area contributed by atoms with Gasteiger partial charge in [-0.25, -0.2) is 4.98 Å². The van der Waals surface area contributed by atoms with E-state index in [0.29, 0.717) is 12.5 Å². The molecule has 1 aliphatic rings. The van der Waals surface area contributed by atoms with Crippen LogP contribution in [0.15, 0.2) is 47.1 Å². The molecule has 0 aliphatic carbocycles. The predicted octanol–water partition coefficient (Wildman–Crippen LogP) is 3.44. The van der Waals surface area contributed by atoms with Gasteiger partial charge in [0.1, 0.15) is 11.6 Å². The normalized spacial score (nSPS) is 14.6. The van der Waals surface area contributed by atoms with Gasteiger partial charge in [-0.2, -0.15) is 4.98 Å². The molecule has 3 aromatic rings. The van der Waals surface area contributed by atoms with Crippen LogP contribution in [-0.2, 0) is 6.54 Å². The van der Waals surface area contributed by atoms with Gasteiger partial charge < -0.3 is 14.6 Å². The van der Waals surface area contributed by atoms with Crippen LogP contribution in [0.5, 0.6) is 0 Å². The third kappa shape index (κ3) is 2.50. The molecule has 1 N–H and O–H groups in total. The fourth-order valence-corrected chi connectivity index (χ4v) is 2.89. The third-order valence-corrected chi connectivity index (χ3v) is 3.99. The molecule has 1 fully saturated rings. The first-order chi connectivity index (χ1) is 10.9. The van der Waals surface area contributed by atoms with Gasteiger partial charge in [0.2, 0.25) is 5.95 Å². The molecule has 0 spiro atoms. The van der Waals surface area contributed by atoms with Crippen LogP contribution >= 0.6 is 0 Å². The smallest absolute Gasteiger partial charge is 0.225 e. The lowest BCUT2D eigenvalue weighted by atomic mass is 10.2. The topological polar surface area (TPSA) is 54.2 Å². The summed E-state index contributed by atoms with van der Waals surface area (Å²) < 4.78 is 5.34. The van der Waals surface area contributed by atoms with Crippen LogP contribution in [0.1, 0.15) is 18.6 Å². The SMILES string of the molecule is c1coc(CNc2nc(N3CCCC3)c3ccccc3n2)c1. The first-order valence-electron chi connectivity index (χ1n) is 7.68. The quantitative estimate of drug-likeness (QED) is 0.799. The molecular formula is C17H18N4O. The Labute approximate surface area is 129 Å². The molecule has 0 amide bonds. The number of nitrogens with zero attached hydrogens (tertiary/aromatic N) is 3. The Bertz CT molecular complexity index is 763. The van der Waals surface area contributed by atoms with E-state index in [1.165, 1.54) is 12.8 Å². The van der Waals surface area contributed by atoms with Crippen molar-refractivity contribution < 1.29 is 4.42 Å². The molecule has 5 nitrogen and oxygen atoms in total. The standard InChI is InChI=1S/C17H18N4O/c1-2-8-15-14(7-1)16(21-9-3-4-10-21)20-17(19-15)18-12-13-6-5-11-22-13/h1-2,5-8,11H,3-4,9-10,12H2,(H,18,19,20). The molecule has 0 radical (unpaired) electrons. The summed E-state index contributed by atoms with van der Waals surface area (Å²) in [5, 5.41) is 4.38. The molecule has 3 heterocycles. The van der Waals surface area contributed by atoms with Crippen LogP contribution in [0.3, 0.4) is 0 Å². The Morgan fingerprint density at radius 1 is 1.05 bits per heavy atom. The van der Waals surface area contributed by atoms with Crippen molar-refractivity contribution in [3.05, 3.63) is 48.4 Å².